The molecular weight excluding hydrogens is 178 g/mol. The molecule has 0 aliphatic carbocycles. The van der Waals surface area contributed by atoms with Crippen LogP contribution in [0.3, 0.4) is 0 Å². The van der Waals surface area contributed by atoms with E-state index in [1.807, 2.05) is 0 Å². The highest BCUT2D eigenvalue weighted by Crippen LogP contribution is 2.23. The number of aryl methyl sites for hydroxylation is 1. The van der Waals surface area contributed by atoms with Gasteiger partial charge in [-0.15, -0.1) is 0 Å². The Bertz CT molecular complexity index is 314. The normalized spacial score (nSPS) is 9.83. The van der Waals surface area contributed by atoms with Crippen molar-refractivity contribution in [3.05, 3.63) is 33.9 Å². The lowest BCUT2D eigenvalue weighted by molar-refractivity contribution is -0.385. The van der Waals surface area contributed by atoms with Crippen LogP contribution in [0.4, 0.5) is 5.69 Å². The first-order valence-electron chi connectivity index (χ1n) is 3.21. The van der Waals surface area contributed by atoms with Crippen molar-refractivity contribution in [3.63, 3.8) is 0 Å². The molecule has 1 rings (SSSR count). The van der Waals surface area contributed by atoms with Gasteiger partial charge in [-0.3, -0.25) is 10.1 Å². The molecule has 0 aliphatic heterocycles. The summed E-state index contributed by atoms with van der Waals surface area (Å²) in [6.45, 7) is 1.66. The lowest BCUT2D eigenvalue weighted by Gasteiger charge is -1.97. The van der Waals surface area contributed by atoms with Gasteiger partial charge in [0.2, 0.25) is 0 Å². The fourth-order valence-electron chi connectivity index (χ4n) is 0.843. The van der Waals surface area contributed by atoms with Crippen LogP contribution in [0.5, 0.6) is 0 Å². The van der Waals surface area contributed by atoms with Crippen LogP contribution in [0.25, 0.3) is 0 Å². The van der Waals surface area contributed by atoms with Crippen LogP contribution >= 0.6 is 12.0 Å². The molecule has 0 bridgehead atoms. The summed E-state index contributed by atoms with van der Waals surface area (Å²) < 4.78 is 8.63. The van der Waals surface area contributed by atoms with Crippen LogP contribution in [0, 0.1) is 17.0 Å². The van der Waals surface area contributed by atoms with Crippen molar-refractivity contribution in [1.29, 1.82) is 0 Å². The van der Waals surface area contributed by atoms with Gasteiger partial charge in [0.1, 0.15) is 0 Å². The van der Waals surface area contributed by atoms with Crippen molar-refractivity contribution in [2.24, 2.45) is 0 Å². The first-order chi connectivity index (χ1) is 5.65. The monoisotopic (exact) mass is 185 g/mol. The number of hydrogen-bond acceptors (Lipinski definition) is 4. The zero-order valence-electron chi connectivity index (χ0n) is 6.35. The average Bonchev–Trinajstić information content (AvgIpc) is 2.05. The fourth-order valence-corrected chi connectivity index (χ4v) is 1.14. The molecule has 1 aromatic carbocycles. The van der Waals surface area contributed by atoms with Crippen LogP contribution < -0.4 is 0 Å². The van der Waals surface area contributed by atoms with Crippen molar-refractivity contribution in [2.75, 3.05) is 0 Å². The predicted molar refractivity (Wildman–Crippen MR) is 46.3 cm³/mol. The summed E-state index contributed by atoms with van der Waals surface area (Å²) in [5.41, 5.74) is 0.631. The Kier molecular flexibility index (Phi) is 2.67. The van der Waals surface area contributed by atoms with E-state index in [1.54, 1.807) is 19.1 Å². The Morgan fingerprint density at radius 1 is 1.58 bits per heavy atom. The largest absolute Gasteiger partial charge is 0.325 e. The van der Waals surface area contributed by atoms with Crippen molar-refractivity contribution in [3.8, 4) is 0 Å². The van der Waals surface area contributed by atoms with Gasteiger partial charge in [-0.05, 0) is 13.0 Å². The van der Waals surface area contributed by atoms with E-state index in [0.29, 0.717) is 22.5 Å². The Morgan fingerprint density at radius 2 is 2.25 bits per heavy atom. The molecule has 5 heteroatoms. The Balaban J connectivity index is 3.17. The summed E-state index contributed by atoms with van der Waals surface area (Å²) in [6, 6.07) is 4.59. The van der Waals surface area contributed by atoms with Crippen LogP contribution in [0.2, 0.25) is 0 Å². The maximum Gasteiger partial charge on any atom is 0.273 e. The Hall–Kier alpha value is -1.07. The summed E-state index contributed by atoms with van der Waals surface area (Å²) in [4.78, 5) is 10.4. The van der Waals surface area contributed by atoms with Gasteiger partial charge in [0.25, 0.3) is 5.69 Å². The summed E-state index contributed by atoms with van der Waals surface area (Å²) in [6.07, 6.45) is 0. The third-order valence-corrected chi connectivity index (χ3v) is 1.95. The van der Waals surface area contributed by atoms with Crippen LogP contribution in [-0.2, 0) is 0 Å². The molecule has 0 spiro atoms. The molecule has 1 aromatic rings. The molecule has 0 saturated carbocycles. The van der Waals surface area contributed by atoms with Gasteiger partial charge in [-0.25, -0.2) is 0 Å². The minimum absolute atomic E-state index is 0.0362. The summed E-state index contributed by atoms with van der Waals surface area (Å²) in [5.74, 6) is 0. The molecule has 0 saturated heterocycles. The van der Waals surface area contributed by atoms with E-state index in [-0.39, 0.29) is 5.69 Å². The fraction of sp³-hybridized carbons (Fsp3) is 0.143. The molecule has 12 heavy (non-hydrogen) atoms. The predicted octanol–water partition coefficient (Wildman–Crippen LogP) is 2.47. The minimum Gasteiger partial charge on any atom is -0.325 e. The zero-order chi connectivity index (χ0) is 9.14. The number of benzene rings is 1. The molecule has 1 N–H and O–H groups in total. The zero-order valence-corrected chi connectivity index (χ0v) is 7.17. The van der Waals surface area contributed by atoms with Gasteiger partial charge < -0.3 is 4.55 Å². The lowest BCUT2D eigenvalue weighted by atomic mass is 10.2. The topological polar surface area (TPSA) is 63.4 Å². The number of hydrogen-bond donors (Lipinski definition) is 1. The van der Waals surface area contributed by atoms with E-state index in [1.165, 1.54) is 6.07 Å². The Labute approximate surface area is 73.6 Å². The molecule has 64 valence electrons. The molecule has 0 aromatic heterocycles. The minimum atomic E-state index is -0.463. The summed E-state index contributed by atoms with van der Waals surface area (Å²) in [5, 5.41) is 10.4. The van der Waals surface area contributed by atoms with E-state index in [9.17, 15) is 10.1 Å². The number of nitrogens with zero attached hydrogens (tertiary/aromatic N) is 1. The second-order valence-electron chi connectivity index (χ2n) is 2.30. The lowest BCUT2D eigenvalue weighted by Crippen LogP contribution is -1.91. The molecule has 0 atom stereocenters. The van der Waals surface area contributed by atoms with E-state index in [2.05, 4.69) is 0 Å². The second-order valence-corrected chi connectivity index (χ2v) is 2.95. The third kappa shape index (κ3) is 1.75. The molecule has 4 nitrogen and oxygen atoms in total. The molecule has 0 amide bonds. The van der Waals surface area contributed by atoms with Gasteiger partial charge in [-0.1, -0.05) is 6.07 Å². The SMILES string of the molecule is Cc1ccc(SO)cc1[N+](=O)[O-]. The highest BCUT2D eigenvalue weighted by Gasteiger charge is 2.10. The van der Waals surface area contributed by atoms with Crippen molar-refractivity contribution in [1.82, 2.24) is 0 Å². The van der Waals surface area contributed by atoms with Crippen molar-refractivity contribution >= 4 is 17.7 Å². The molecule has 0 aliphatic rings. The Morgan fingerprint density at radius 3 is 2.75 bits per heavy atom. The molecular formula is C7H7NO3S. The maximum absolute atomic E-state index is 10.4. The van der Waals surface area contributed by atoms with Crippen molar-refractivity contribution in [2.45, 2.75) is 11.8 Å². The average molecular weight is 185 g/mol. The molecule has 0 heterocycles. The molecule has 0 fully saturated rings. The van der Waals surface area contributed by atoms with Crippen LogP contribution in [0.1, 0.15) is 5.56 Å². The first kappa shape index (κ1) is 9.02. The van der Waals surface area contributed by atoms with E-state index >= 15 is 0 Å². The summed E-state index contributed by atoms with van der Waals surface area (Å²) in [7, 11) is 0. The van der Waals surface area contributed by atoms with Gasteiger partial charge in [-0.2, -0.15) is 0 Å². The van der Waals surface area contributed by atoms with Gasteiger partial charge >= 0.3 is 0 Å². The number of nitro benzene ring substituents is 1. The highest BCUT2D eigenvalue weighted by molar-refractivity contribution is 7.93. The van der Waals surface area contributed by atoms with E-state index in [0.717, 1.165) is 0 Å². The third-order valence-electron chi connectivity index (χ3n) is 1.48. The highest BCUT2D eigenvalue weighted by atomic mass is 32.2. The van der Waals surface area contributed by atoms with Gasteiger partial charge in [0.05, 0.1) is 4.92 Å². The van der Waals surface area contributed by atoms with Crippen LogP contribution in [-0.4, -0.2) is 9.48 Å². The smallest absolute Gasteiger partial charge is 0.273 e. The molecule has 0 unspecified atom stereocenters. The van der Waals surface area contributed by atoms with E-state index in [4.69, 9.17) is 4.55 Å². The first-order valence-corrected chi connectivity index (χ1v) is 3.99. The maximum atomic E-state index is 10.4. The standard InChI is InChI=1S/C7H7NO3S/c1-5-2-3-6(12-11)4-7(5)8(9)10/h2-4,11H,1H3. The number of rotatable bonds is 2. The van der Waals surface area contributed by atoms with Crippen LogP contribution in [0.15, 0.2) is 23.1 Å². The second kappa shape index (κ2) is 3.55. The summed E-state index contributed by atoms with van der Waals surface area (Å²) >= 11 is 0.505. The van der Waals surface area contributed by atoms with E-state index < -0.39 is 4.92 Å². The number of nitro groups is 1. The van der Waals surface area contributed by atoms with Crippen molar-refractivity contribution < 1.29 is 9.48 Å². The van der Waals surface area contributed by atoms with Gasteiger partial charge in [0, 0.05) is 28.6 Å². The quantitative estimate of drug-likeness (QED) is 0.436. The van der Waals surface area contributed by atoms with Gasteiger partial charge in [0.15, 0.2) is 0 Å². The molecule has 0 radical (unpaired) electrons.